The standard InChI is InChI=1S/C24H26F3N3O2.HI/c1-17-8-9-19(22(13-17)32-21-10-12-31-16-21)15-30-23(28-2)29-11-4-6-18-5-3-7-20(14-18)24(25,26)27;/h3,5,7-9,13-14,21H,10-12,15-16H2,1-2H3,(H2,28,29,30);1H. The Labute approximate surface area is 209 Å². The van der Waals surface area contributed by atoms with Crippen LogP contribution >= 0.6 is 24.0 Å². The number of benzene rings is 2. The molecule has 0 spiro atoms. The van der Waals surface area contributed by atoms with Crippen LogP contribution in [0.4, 0.5) is 13.2 Å². The van der Waals surface area contributed by atoms with E-state index < -0.39 is 11.7 Å². The molecule has 2 aromatic carbocycles. The number of rotatable bonds is 5. The Bertz CT molecular complexity index is 1010. The summed E-state index contributed by atoms with van der Waals surface area (Å²) in [5, 5.41) is 6.25. The van der Waals surface area contributed by atoms with Crippen molar-refractivity contribution in [3.63, 3.8) is 0 Å². The molecule has 0 amide bonds. The molecule has 1 unspecified atom stereocenters. The molecule has 1 heterocycles. The molecule has 9 heteroatoms. The summed E-state index contributed by atoms with van der Waals surface area (Å²) >= 11 is 0. The van der Waals surface area contributed by atoms with Crippen LogP contribution in [0.15, 0.2) is 47.5 Å². The number of ether oxygens (including phenoxy) is 2. The lowest BCUT2D eigenvalue weighted by molar-refractivity contribution is -0.137. The Kier molecular flexibility index (Phi) is 10.3. The van der Waals surface area contributed by atoms with Gasteiger partial charge in [-0.25, -0.2) is 0 Å². The Balaban J connectivity index is 0.00000385. The molecular formula is C24H27F3IN3O2. The number of aryl methyl sites for hydroxylation is 1. The Morgan fingerprint density at radius 2 is 2.03 bits per heavy atom. The zero-order chi connectivity index (χ0) is 23.0. The van der Waals surface area contributed by atoms with E-state index in [-0.39, 0.29) is 36.6 Å². The van der Waals surface area contributed by atoms with Gasteiger partial charge in [0.05, 0.1) is 25.3 Å². The van der Waals surface area contributed by atoms with Crippen LogP contribution in [0.1, 0.15) is 28.7 Å². The van der Waals surface area contributed by atoms with E-state index >= 15 is 0 Å². The summed E-state index contributed by atoms with van der Waals surface area (Å²) in [5.41, 5.74) is 1.69. The molecule has 0 bridgehead atoms. The van der Waals surface area contributed by atoms with Crippen LogP contribution in [0.5, 0.6) is 5.75 Å². The summed E-state index contributed by atoms with van der Waals surface area (Å²) in [6.45, 7) is 4.03. The lowest BCUT2D eigenvalue weighted by Crippen LogP contribution is -2.37. The molecule has 0 saturated carbocycles. The van der Waals surface area contributed by atoms with Crippen molar-refractivity contribution in [3.05, 3.63) is 64.7 Å². The maximum Gasteiger partial charge on any atom is 0.416 e. The van der Waals surface area contributed by atoms with Crippen LogP contribution in [0.25, 0.3) is 0 Å². The summed E-state index contributed by atoms with van der Waals surface area (Å²) in [5.74, 6) is 6.90. The highest BCUT2D eigenvalue weighted by molar-refractivity contribution is 14.0. The summed E-state index contributed by atoms with van der Waals surface area (Å²) in [6, 6.07) is 11.0. The van der Waals surface area contributed by atoms with E-state index in [1.54, 1.807) is 13.1 Å². The van der Waals surface area contributed by atoms with Crippen LogP contribution in [-0.2, 0) is 17.5 Å². The quantitative estimate of drug-likeness (QED) is 0.239. The maximum absolute atomic E-state index is 12.8. The zero-order valence-corrected chi connectivity index (χ0v) is 20.8. The molecule has 1 saturated heterocycles. The Morgan fingerprint density at radius 3 is 2.73 bits per heavy atom. The van der Waals surface area contributed by atoms with Gasteiger partial charge in [-0.05, 0) is 36.8 Å². The Hall–Kier alpha value is -2.45. The third-order valence-electron chi connectivity index (χ3n) is 4.84. The first kappa shape index (κ1) is 26.8. The molecule has 0 aromatic heterocycles. The van der Waals surface area contributed by atoms with Gasteiger partial charge in [0.25, 0.3) is 0 Å². The van der Waals surface area contributed by atoms with E-state index in [0.717, 1.165) is 35.4 Å². The molecule has 0 aliphatic carbocycles. The third kappa shape index (κ3) is 8.44. The maximum atomic E-state index is 12.8. The van der Waals surface area contributed by atoms with Crippen LogP contribution in [0.2, 0.25) is 0 Å². The van der Waals surface area contributed by atoms with Crippen molar-refractivity contribution >= 4 is 29.9 Å². The fourth-order valence-corrected chi connectivity index (χ4v) is 3.15. The van der Waals surface area contributed by atoms with E-state index in [9.17, 15) is 13.2 Å². The van der Waals surface area contributed by atoms with Gasteiger partial charge in [0.2, 0.25) is 0 Å². The van der Waals surface area contributed by atoms with Gasteiger partial charge >= 0.3 is 6.18 Å². The number of nitrogens with one attached hydrogen (secondary N) is 2. The van der Waals surface area contributed by atoms with Gasteiger partial charge in [-0.1, -0.05) is 30.0 Å². The first-order valence-electron chi connectivity index (χ1n) is 10.3. The van der Waals surface area contributed by atoms with Crippen molar-refractivity contribution < 1.29 is 22.6 Å². The van der Waals surface area contributed by atoms with Gasteiger partial charge in [-0.15, -0.1) is 24.0 Å². The monoisotopic (exact) mass is 573 g/mol. The normalized spacial score (nSPS) is 15.8. The summed E-state index contributed by atoms with van der Waals surface area (Å²) in [6.07, 6.45) is -3.46. The van der Waals surface area contributed by atoms with Crippen LogP contribution in [-0.4, -0.2) is 38.9 Å². The van der Waals surface area contributed by atoms with Crippen molar-refractivity contribution in [3.8, 4) is 17.6 Å². The van der Waals surface area contributed by atoms with E-state index in [1.807, 2.05) is 25.1 Å². The molecule has 2 aromatic rings. The zero-order valence-electron chi connectivity index (χ0n) is 18.5. The average molecular weight is 573 g/mol. The SMILES string of the molecule is CN=C(NCC#Cc1cccc(C(F)(F)F)c1)NCc1ccc(C)cc1OC1CCOC1.I. The highest BCUT2D eigenvalue weighted by Gasteiger charge is 2.30. The van der Waals surface area contributed by atoms with Crippen LogP contribution < -0.4 is 15.4 Å². The number of aliphatic imine (C=N–C) groups is 1. The largest absolute Gasteiger partial charge is 0.488 e. The summed E-state index contributed by atoms with van der Waals surface area (Å²) in [7, 11) is 1.64. The van der Waals surface area contributed by atoms with Crippen LogP contribution in [0, 0.1) is 18.8 Å². The second-order valence-electron chi connectivity index (χ2n) is 7.37. The molecule has 33 heavy (non-hydrogen) atoms. The van der Waals surface area contributed by atoms with Gasteiger partial charge in [-0.2, -0.15) is 13.2 Å². The number of alkyl halides is 3. The van der Waals surface area contributed by atoms with Crippen molar-refractivity contribution in [2.24, 2.45) is 4.99 Å². The molecular weight excluding hydrogens is 546 g/mol. The van der Waals surface area contributed by atoms with Crippen molar-refractivity contribution in [2.75, 3.05) is 26.8 Å². The number of hydrogen-bond donors (Lipinski definition) is 2. The second-order valence-corrected chi connectivity index (χ2v) is 7.37. The van der Waals surface area contributed by atoms with E-state index in [4.69, 9.17) is 9.47 Å². The molecule has 5 nitrogen and oxygen atoms in total. The predicted molar refractivity (Wildman–Crippen MR) is 133 cm³/mol. The average Bonchev–Trinajstić information content (AvgIpc) is 3.27. The third-order valence-corrected chi connectivity index (χ3v) is 4.84. The van der Waals surface area contributed by atoms with Gasteiger partial charge in [0, 0.05) is 31.1 Å². The molecule has 2 N–H and O–H groups in total. The van der Waals surface area contributed by atoms with Gasteiger partial charge < -0.3 is 20.1 Å². The minimum atomic E-state index is -4.38. The fraction of sp³-hybridized carbons (Fsp3) is 0.375. The lowest BCUT2D eigenvalue weighted by Gasteiger charge is -2.17. The molecule has 1 aliphatic rings. The minimum absolute atomic E-state index is 0. The second kappa shape index (κ2) is 12.7. The van der Waals surface area contributed by atoms with Gasteiger partial charge in [0.15, 0.2) is 5.96 Å². The van der Waals surface area contributed by atoms with Crippen molar-refractivity contribution in [2.45, 2.75) is 32.2 Å². The summed E-state index contributed by atoms with van der Waals surface area (Å²) < 4.78 is 49.9. The molecule has 1 atom stereocenters. The molecule has 1 aliphatic heterocycles. The first-order chi connectivity index (χ1) is 15.3. The highest BCUT2D eigenvalue weighted by Crippen LogP contribution is 2.29. The number of guanidine groups is 1. The number of hydrogen-bond acceptors (Lipinski definition) is 3. The highest BCUT2D eigenvalue weighted by atomic mass is 127. The topological polar surface area (TPSA) is 54.9 Å². The van der Waals surface area contributed by atoms with Crippen molar-refractivity contribution in [1.82, 2.24) is 10.6 Å². The number of halogens is 4. The lowest BCUT2D eigenvalue weighted by atomic mass is 10.1. The van der Waals surface area contributed by atoms with E-state index in [0.29, 0.717) is 31.3 Å². The predicted octanol–water partition coefficient (Wildman–Crippen LogP) is 4.52. The van der Waals surface area contributed by atoms with Crippen LogP contribution in [0.3, 0.4) is 0 Å². The molecule has 3 rings (SSSR count). The molecule has 178 valence electrons. The number of nitrogens with zero attached hydrogens (tertiary/aromatic N) is 1. The first-order valence-corrected chi connectivity index (χ1v) is 10.3. The summed E-state index contributed by atoms with van der Waals surface area (Å²) in [4.78, 5) is 4.16. The van der Waals surface area contributed by atoms with E-state index in [1.165, 1.54) is 6.07 Å². The van der Waals surface area contributed by atoms with Gasteiger partial charge in [-0.3, -0.25) is 4.99 Å². The Morgan fingerprint density at radius 1 is 1.21 bits per heavy atom. The minimum Gasteiger partial charge on any atom is -0.488 e. The smallest absolute Gasteiger partial charge is 0.416 e. The molecule has 1 fully saturated rings. The van der Waals surface area contributed by atoms with Gasteiger partial charge in [0.1, 0.15) is 11.9 Å². The molecule has 0 radical (unpaired) electrons. The fourth-order valence-electron chi connectivity index (χ4n) is 3.15. The van der Waals surface area contributed by atoms with Crippen molar-refractivity contribution in [1.29, 1.82) is 0 Å². The van der Waals surface area contributed by atoms with E-state index in [2.05, 4.69) is 27.5 Å².